The van der Waals surface area contributed by atoms with E-state index in [0.29, 0.717) is 24.2 Å². The van der Waals surface area contributed by atoms with E-state index in [9.17, 15) is 14.4 Å². The molecule has 1 fully saturated rings. The van der Waals surface area contributed by atoms with Crippen molar-refractivity contribution in [3.05, 3.63) is 29.3 Å². The Balaban J connectivity index is 1.65. The van der Waals surface area contributed by atoms with Crippen molar-refractivity contribution >= 4 is 23.6 Å². The van der Waals surface area contributed by atoms with E-state index in [0.717, 1.165) is 25.7 Å². The Kier molecular flexibility index (Phi) is 7.44. The number of aryl methyl sites for hydroxylation is 1. The van der Waals surface area contributed by atoms with E-state index in [1.165, 1.54) is 12.5 Å². The zero-order valence-corrected chi connectivity index (χ0v) is 15.1. The highest BCUT2D eigenvalue weighted by atomic mass is 16.4. The maximum absolute atomic E-state index is 11.9. The number of carboxylic acids is 1. The Hall–Kier alpha value is -2.57. The van der Waals surface area contributed by atoms with Crippen LogP contribution in [0.15, 0.2) is 18.2 Å². The third-order valence-corrected chi connectivity index (χ3v) is 4.55. The van der Waals surface area contributed by atoms with E-state index in [4.69, 9.17) is 5.11 Å². The summed E-state index contributed by atoms with van der Waals surface area (Å²) < 4.78 is 0. The number of nitrogens with one attached hydrogen (secondary N) is 3. The number of urea groups is 1. The first-order valence-corrected chi connectivity index (χ1v) is 9.14. The average molecular weight is 361 g/mol. The van der Waals surface area contributed by atoms with E-state index < -0.39 is 5.97 Å². The molecule has 0 radical (unpaired) electrons. The zero-order valence-electron chi connectivity index (χ0n) is 15.1. The minimum Gasteiger partial charge on any atom is -0.478 e. The maximum atomic E-state index is 11.9. The molecule has 1 aromatic rings. The number of carboxylic acid groups (broad SMARTS) is 1. The van der Waals surface area contributed by atoms with Gasteiger partial charge in [0.15, 0.2) is 0 Å². The van der Waals surface area contributed by atoms with Crippen LogP contribution in [0.3, 0.4) is 0 Å². The van der Waals surface area contributed by atoms with Crippen LogP contribution in [0.25, 0.3) is 0 Å². The van der Waals surface area contributed by atoms with E-state index in [1.54, 1.807) is 19.1 Å². The van der Waals surface area contributed by atoms with Gasteiger partial charge in [-0.1, -0.05) is 19.3 Å². The van der Waals surface area contributed by atoms with Crippen LogP contribution >= 0.6 is 0 Å². The minimum atomic E-state index is -0.988. The Morgan fingerprint density at radius 2 is 1.88 bits per heavy atom. The molecule has 1 aromatic carbocycles. The van der Waals surface area contributed by atoms with Gasteiger partial charge in [0.2, 0.25) is 5.91 Å². The Morgan fingerprint density at radius 1 is 1.15 bits per heavy atom. The lowest BCUT2D eigenvalue weighted by atomic mass is 9.96. The Labute approximate surface area is 153 Å². The fourth-order valence-corrected chi connectivity index (χ4v) is 3.14. The molecule has 0 bridgehead atoms. The zero-order chi connectivity index (χ0) is 18.9. The second-order valence-corrected chi connectivity index (χ2v) is 6.72. The van der Waals surface area contributed by atoms with Crippen molar-refractivity contribution in [2.45, 2.75) is 57.9 Å². The van der Waals surface area contributed by atoms with Crippen molar-refractivity contribution in [3.8, 4) is 0 Å². The summed E-state index contributed by atoms with van der Waals surface area (Å²) in [7, 11) is 0. The Morgan fingerprint density at radius 3 is 2.54 bits per heavy atom. The highest BCUT2D eigenvalue weighted by Gasteiger charge is 2.15. The van der Waals surface area contributed by atoms with Crippen molar-refractivity contribution in [2.75, 3.05) is 11.9 Å². The predicted octanol–water partition coefficient (Wildman–Crippen LogP) is 3.04. The highest BCUT2D eigenvalue weighted by molar-refractivity contribution is 5.93. The smallest absolute Gasteiger partial charge is 0.335 e. The SMILES string of the molecule is Cc1cc(NC(=O)CCCNC(=O)NC2CCCCC2)ccc1C(=O)O. The monoisotopic (exact) mass is 361 g/mol. The molecule has 1 saturated carbocycles. The number of carbonyl (C=O) groups is 3. The predicted molar refractivity (Wildman–Crippen MR) is 99.4 cm³/mol. The molecule has 7 nitrogen and oxygen atoms in total. The van der Waals surface area contributed by atoms with Crippen LogP contribution < -0.4 is 16.0 Å². The van der Waals surface area contributed by atoms with Crippen LogP contribution in [0.1, 0.15) is 60.9 Å². The molecule has 0 aliphatic heterocycles. The minimum absolute atomic E-state index is 0.165. The number of hydrogen-bond acceptors (Lipinski definition) is 3. The van der Waals surface area contributed by atoms with Gasteiger partial charge < -0.3 is 21.1 Å². The first-order valence-electron chi connectivity index (χ1n) is 9.14. The summed E-state index contributed by atoms with van der Waals surface area (Å²) in [6, 6.07) is 4.78. The van der Waals surface area contributed by atoms with E-state index in [1.807, 2.05) is 0 Å². The molecular weight excluding hydrogens is 334 g/mol. The number of hydrogen-bond donors (Lipinski definition) is 4. The van der Waals surface area contributed by atoms with Crippen LogP contribution in [0, 0.1) is 6.92 Å². The standard InChI is InChI=1S/C19H27N3O4/c1-13-12-15(9-10-16(13)18(24)25)21-17(23)8-5-11-20-19(26)22-14-6-3-2-4-7-14/h9-10,12,14H,2-8,11H2,1H3,(H,21,23)(H,24,25)(H2,20,22,26). The summed E-state index contributed by atoms with van der Waals surface area (Å²) >= 11 is 0. The highest BCUT2D eigenvalue weighted by Crippen LogP contribution is 2.17. The molecule has 0 heterocycles. The molecule has 1 aliphatic carbocycles. The number of carbonyl (C=O) groups excluding carboxylic acids is 2. The molecule has 0 aromatic heterocycles. The largest absolute Gasteiger partial charge is 0.478 e. The van der Waals surface area contributed by atoms with E-state index >= 15 is 0 Å². The molecule has 0 atom stereocenters. The van der Waals surface area contributed by atoms with Crippen LogP contribution in [0.5, 0.6) is 0 Å². The van der Waals surface area contributed by atoms with Gasteiger partial charge >= 0.3 is 12.0 Å². The molecule has 0 saturated heterocycles. The first kappa shape index (κ1) is 19.8. The van der Waals surface area contributed by atoms with Crippen molar-refractivity contribution in [1.82, 2.24) is 10.6 Å². The lowest BCUT2D eigenvalue weighted by molar-refractivity contribution is -0.116. The molecule has 7 heteroatoms. The van der Waals surface area contributed by atoms with E-state index in [2.05, 4.69) is 16.0 Å². The van der Waals surface area contributed by atoms with Crippen molar-refractivity contribution in [3.63, 3.8) is 0 Å². The first-order chi connectivity index (χ1) is 12.5. The second-order valence-electron chi connectivity index (χ2n) is 6.72. The molecule has 26 heavy (non-hydrogen) atoms. The van der Waals surface area contributed by atoms with E-state index in [-0.39, 0.29) is 30.0 Å². The fourth-order valence-electron chi connectivity index (χ4n) is 3.14. The molecule has 142 valence electrons. The summed E-state index contributed by atoms with van der Waals surface area (Å²) in [5, 5.41) is 17.5. The van der Waals surface area contributed by atoms with Gasteiger partial charge in [0.1, 0.15) is 0 Å². The third kappa shape index (κ3) is 6.38. The van der Waals surface area contributed by atoms with Gasteiger partial charge in [0, 0.05) is 24.7 Å². The van der Waals surface area contributed by atoms with Gasteiger partial charge in [-0.25, -0.2) is 9.59 Å². The van der Waals surface area contributed by atoms with Crippen LogP contribution in [-0.4, -0.2) is 35.6 Å². The lowest BCUT2D eigenvalue weighted by Crippen LogP contribution is -2.43. The van der Waals surface area contributed by atoms with Crippen LogP contribution in [0.2, 0.25) is 0 Å². The van der Waals surface area contributed by atoms with Gasteiger partial charge in [-0.3, -0.25) is 4.79 Å². The molecule has 3 amide bonds. The Bertz CT molecular complexity index is 654. The molecule has 2 rings (SSSR count). The normalized spacial score (nSPS) is 14.5. The number of benzene rings is 1. The van der Waals surface area contributed by atoms with Gasteiger partial charge in [-0.2, -0.15) is 0 Å². The maximum Gasteiger partial charge on any atom is 0.335 e. The second kappa shape index (κ2) is 9.79. The number of anilines is 1. The third-order valence-electron chi connectivity index (χ3n) is 4.55. The van der Waals surface area contributed by atoms with Crippen molar-refractivity contribution < 1.29 is 19.5 Å². The quantitative estimate of drug-likeness (QED) is 0.560. The molecular formula is C19H27N3O4. The van der Waals surface area contributed by atoms with Gasteiger partial charge in [0.05, 0.1) is 5.56 Å². The van der Waals surface area contributed by atoms with Crippen LogP contribution in [-0.2, 0) is 4.79 Å². The summed E-state index contributed by atoms with van der Waals surface area (Å²) in [6.07, 6.45) is 6.47. The number of aromatic carboxylic acids is 1. The molecule has 1 aliphatic rings. The molecule has 0 unspecified atom stereocenters. The average Bonchev–Trinajstić information content (AvgIpc) is 2.59. The summed E-state index contributed by atoms with van der Waals surface area (Å²) in [5.41, 5.74) is 1.38. The molecule has 0 spiro atoms. The number of amides is 3. The number of rotatable bonds is 7. The van der Waals surface area contributed by atoms with Crippen LogP contribution in [0.4, 0.5) is 10.5 Å². The topological polar surface area (TPSA) is 108 Å². The summed E-state index contributed by atoms with van der Waals surface area (Å²) in [6.45, 7) is 2.12. The van der Waals surface area contributed by atoms with Crippen molar-refractivity contribution in [1.29, 1.82) is 0 Å². The fraction of sp³-hybridized carbons (Fsp3) is 0.526. The summed E-state index contributed by atoms with van der Waals surface area (Å²) in [5.74, 6) is -1.15. The summed E-state index contributed by atoms with van der Waals surface area (Å²) in [4.78, 5) is 34.7. The van der Waals surface area contributed by atoms with Gasteiger partial charge in [0.25, 0.3) is 0 Å². The van der Waals surface area contributed by atoms with Gasteiger partial charge in [-0.15, -0.1) is 0 Å². The lowest BCUT2D eigenvalue weighted by Gasteiger charge is -2.22. The van der Waals surface area contributed by atoms with Crippen molar-refractivity contribution in [2.24, 2.45) is 0 Å². The van der Waals surface area contributed by atoms with Gasteiger partial charge in [-0.05, 0) is 49.9 Å². The molecule has 4 N–H and O–H groups in total.